The molecule has 96 valence electrons. The van der Waals surface area contributed by atoms with Gasteiger partial charge in [-0.25, -0.2) is 9.69 Å². The molecule has 0 spiro atoms. The Kier molecular flexibility index (Phi) is 4.61. The molecule has 0 saturated heterocycles. The van der Waals surface area contributed by atoms with Gasteiger partial charge in [0.1, 0.15) is 0 Å². The van der Waals surface area contributed by atoms with E-state index < -0.39 is 0 Å². The lowest BCUT2D eigenvalue weighted by atomic mass is 9.93. The van der Waals surface area contributed by atoms with E-state index in [9.17, 15) is 4.57 Å². The fourth-order valence-electron chi connectivity index (χ4n) is 2.07. The number of hydrogen-bond acceptors (Lipinski definition) is 1. The zero-order valence-corrected chi connectivity index (χ0v) is 11.7. The Bertz CT molecular complexity index is 621. The minimum absolute atomic E-state index is 0.0328. The Balaban J connectivity index is 2.36. The summed E-state index contributed by atoms with van der Waals surface area (Å²) in [5.41, 5.74) is 3.27. The van der Waals surface area contributed by atoms with Crippen LogP contribution in [0.15, 0.2) is 48.5 Å². The van der Waals surface area contributed by atoms with Crippen molar-refractivity contribution in [3.05, 3.63) is 82.5 Å². The van der Waals surface area contributed by atoms with Gasteiger partial charge in [-0.1, -0.05) is 53.1 Å². The first-order valence-electron chi connectivity index (χ1n) is 6.08. The molecule has 2 rings (SSSR count). The first kappa shape index (κ1) is 13.9. The molecule has 2 aromatic carbocycles. The third-order valence-electron chi connectivity index (χ3n) is 3.14. The molecule has 0 aromatic heterocycles. The van der Waals surface area contributed by atoms with Crippen molar-refractivity contribution in [2.45, 2.75) is 5.92 Å². The third kappa shape index (κ3) is 3.09. The van der Waals surface area contributed by atoms with Crippen LogP contribution in [0, 0.1) is 13.1 Å². The Morgan fingerprint density at radius 2 is 1.25 bits per heavy atom. The standard InChI is InChI=1S/C16H11N2OP/c1-17-14-7-3-12(4-8-14)16(11-20-19)13-5-9-15(18-2)10-6-13/h3-10,16H,11H2/p+1. The van der Waals surface area contributed by atoms with E-state index in [0.29, 0.717) is 17.5 Å². The molecule has 2 aromatic rings. The molecular weight excluding hydrogens is 267 g/mol. The molecule has 0 aliphatic rings. The van der Waals surface area contributed by atoms with E-state index >= 15 is 0 Å². The van der Waals surface area contributed by atoms with Crippen LogP contribution in [0.3, 0.4) is 0 Å². The van der Waals surface area contributed by atoms with Crippen molar-refractivity contribution in [1.82, 2.24) is 0 Å². The monoisotopic (exact) mass is 279 g/mol. The summed E-state index contributed by atoms with van der Waals surface area (Å²) in [5, 5.41) is 0. The van der Waals surface area contributed by atoms with Crippen molar-refractivity contribution in [3.63, 3.8) is 0 Å². The van der Waals surface area contributed by atoms with E-state index in [2.05, 4.69) is 9.69 Å². The lowest BCUT2D eigenvalue weighted by molar-refractivity contribution is 0.596. The van der Waals surface area contributed by atoms with Crippen LogP contribution in [-0.2, 0) is 4.57 Å². The minimum atomic E-state index is -0.387. The molecule has 0 saturated carbocycles. The summed E-state index contributed by atoms with van der Waals surface area (Å²) in [6, 6.07) is 14.7. The molecule has 0 aliphatic heterocycles. The molecule has 4 heteroatoms. The Hall–Kier alpha value is -2.48. The van der Waals surface area contributed by atoms with Crippen LogP contribution in [0.1, 0.15) is 17.0 Å². The van der Waals surface area contributed by atoms with Crippen molar-refractivity contribution >= 4 is 19.8 Å². The highest BCUT2D eigenvalue weighted by atomic mass is 31.1. The molecule has 0 bridgehead atoms. The van der Waals surface area contributed by atoms with Crippen molar-refractivity contribution < 1.29 is 4.57 Å². The molecule has 0 radical (unpaired) electrons. The van der Waals surface area contributed by atoms with E-state index in [0.717, 1.165) is 11.1 Å². The SMILES string of the molecule is [C-]#[N+]c1ccc(C(C[PH+]=O)c2ccc([N+]#[C-])cc2)cc1. The summed E-state index contributed by atoms with van der Waals surface area (Å²) < 4.78 is 11.1. The molecule has 3 nitrogen and oxygen atoms in total. The third-order valence-corrected chi connectivity index (χ3v) is 3.71. The highest BCUT2D eigenvalue weighted by Crippen LogP contribution is 2.30. The Morgan fingerprint density at radius 1 is 0.850 bits per heavy atom. The zero-order valence-electron chi connectivity index (χ0n) is 10.7. The highest BCUT2D eigenvalue weighted by molar-refractivity contribution is 7.23. The molecule has 0 N–H and O–H groups in total. The van der Waals surface area contributed by atoms with E-state index in [4.69, 9.17) is 13.1 Å². The summed E-state index contributed by atoms with van der Waals surface area (Å²) in [6.45, 7) is 13.9. The predicted molar refractivity (Wildman–Crippen MR) is 81.1 cm³/mol. The van der Waals surface area contributed by atoms with Gasteiger partial charge in [0.15, 0.2) is 17.5 Å². The van der Waals surface area contributed by atoms with Gasteiger partial charge >= 0.3 is 8.46 Å². The second-order valence-electron chi connectivity index (χ2n) is 4.31. The summed E-state index contributed by atoms with van der Waals surface area (Å²) >= 11 is 0. The quantitative estimate of drug-likeness (QED) is 0.574. The maximum Gasteiger partial charge on any atom is 0.325 e. The average molecular weight is 279 g/mol. The lowest BCUT2D eigenvalue weighted by Crippen LogP contribution is -2.02. The van der Waals surface area contributed by atoms with E-state index in [1.165, 1.54) is 0 Å². The van der Waals surface area contributed by atoms with Gasteiger partial charge in [0, 0.05) is 0 Å². The Morgan fingerprint density at radius 3 is 1.55 bits per heavy atom. The van der Waals surface area contributed by atoms with Gasteiger partial charge in [0.2, 0.25) is 0 Å². The summed E-state index contributed by atoms with van der Waals surface area (Å²) in [7, 11) is -0.387. The summed E-state index contributed by atoms with van der Waals surface area (Å²) in [5.74, 6) is 0.0328. The normalized spacial score (nSPS) is 10.2. The molecule has 0 fully saturated rings. The summed E-state index contributed by atoms with van der Waals surface area (Å²) in [4.78, 5) is 6.74. The molecule has 20 heavy (non-hydrogen) atoms. The number of benzene rings is 2. The highest BCUT2D eigenvalue weighted by Gasteiger charge is 2.17. The first-order valence-corrected chi connectivity index (χ1v) is 7.20. The van der Waals surface area contributed by atoms with Crippen molar-refractivity contribution in [2.24, 2.45) is 0 Å². The van der Waals surface area contributed by atoms with Crippen LogP contribution < -0.4 is 0 Å². The molecule has 0 aliphatic carbocycles. The Labute approximate surface area is 119 Å². The fraction of sp³-hybridized carbons (Fsp3) is 0.125. The van der Waals surface area contributed by atoms with E-state index in [-0.39, 0.29) is 14.4 Å². The first-order chi connectivity index (χ1) is 9.78. The molecule has 1 unspecified atom stereocenters. The van der Waals surface area contributed by atoms with Crippen LogP contribution in [0.25, 0.3) is 9.69 Å². The van der Waals surface area contributed by atoms with Crippen LogP contribution in [0.2, 0.25) is 0 Å². The number of rotatable bonds is 4. The lowest BCUT2D eigenvalue weighted by Gasteiger charge is -2.13. The van der Waals surface area contributed by atoms with Crippen LogP contribution in [0.4, 0.5) is 11.4 Å². The van der Waals surface area contributed by atoms with E-state index in [1.807, 2.05) is 24.3 Å². The van der Waals surface area contributed by atoms with Crippen molar-refractivity contribution in [2.75, 3.05) is 6.16 Å². The maximum atomic E-state index is 11.1. The van der Waals surface area contributed by atoms with E-state index in [1.54, 1.807) is 24.3 Å². The van der Waals surface area contributed by atoms with Crippen LogP contribution in [-0.4, -0.2) is 6.16 Å². The van der Waals surface area contributed by atoms with Gasteiger partial charge in [-0.05, 0) is 11.1 Å². The van der Waals surface area contributed by atoms with Crippen LogP contribution in [0.5, 0.6) is 0 Å². The largest absolute Gasteiger partial charge is 0.325 e. The summed E-state index contributed by atoms with van der Waals surface area (Å²) in [6.07, 6.45) is 0.536. The maximum absolute atomic E-state index is 11.1. The fourth-order valence-corrected chi connectivity index (χ4v) is 2.71. The van der Waals surface area contributed by atoms with Crippen molar-refractivity contribution in [3.8, 4) is 0 Å². The average Bonchev–Trinajstić information content (AvgIpc) is 2.53. The van der Waals surface area contributed by atoms with Gasteiger partial charge in [0.05, 0.1) is 19.1 Å². The number of nitrogens with zero attached hydrogens (tertiary/aromatic N) is 2. The zero-order chi connectivity index (χ0) is 14.4. The topological polar surface area (TPSA) is 25.8 Å². The van der Waals surface area contributed by atoms with Gasteiger partial charge in [-0.2, -0.15) is 0 Å². The van der Waals surface area contributed by atoms with Gasteiger partial charge in [-0.3, -0.25) is 0 Å². The minimum Gasteiger partial charge on any atom is -0.238 e. The van der Waals surface area contributed by atoms with Gasteiger partial charge < -0.3 is 0 Å². The number of hydrogen-bond donors (Lipinski definition) is 0. The molecule has 1 atom stereocenters. The second-order valence-corrected chi connectivity index (χ2v) is 5.00. The molecular formula is C16H12N2OP+. The smallest absolute Gasteiger partial charge is 0.238 e. The molecule has 0 heterocycles. The van der Waals surface area contributed by atoms with Gasteiger partial charge in [-0.15, -0.1) is 0 Å². The second kappa shape index (κ2) is 6.62. The van der Waals surface area contributed by atoms with Crippen molar-refractivity contribution in [1.29, 1.82) is 0 Å². The van der Waals surface area contributed by atoms with Gasteiger partial charge in [0.25, 0.3) is 0 Å². The molecule has 0 amide bonds. The predicted octanol–water partition coefficient (Wildman–Crippen LogP) is 4.94. The van der Waals surface area contributed by atoms with Crippen LogP contribution >= 0.6 is 8.46 Å².